The van der Waals surface area contributed by atoms with Crippen LogP contribution in [0.3, 0.4) is 0 Å². The van der Waals surface area contributed by atoms with E-state index in [2.05, 4.69) is 134 Å². The van der Waals surface area contributed by atoms with Crippen LogP contribution in [0.25, 0.3) is 0 Å². The summed E-state index contributed by atoms with van der Waals surface area (Å²) in [6.45, 7) is 4.45. The standard InChI is InChI=1S/C57H95N2O6P/c1-6-8-10-11-12-13-14-15-16-17-18-19-20-21-22-23-24-25-26-27-28-29-30-31-32-33-34-35-36-37-38-39-40-41-42-43-44-45-46-47-49-51-57(61)58-55(56(60)50-48-9-7-2)54-65-66(62,63)64-53-52-59(3,4)5/h8,10,12-13,15-16,18-19,21-22,24-25,27-28,30-31,33-34,36-37,48,50,55-56,60H,6-7,9,11,14,17,20,23,26,29,32,35,38-47,49,51-54H2,1-5H3,(H-,58,61,62,63)/p+1/b10-8-,13-12-,16-15-,19-18-,22-21-,25-24-,28-27-,31-30-,34-33-,37-36-,50-48+. The van der Waals surface area contributed by atoms with Gasteiger partial charge >= 0.3 is 7.82 Å². The molecular formula is C57H96N2O6P+. The predicted octanol–water partition coefficient (Wildman–Crippen LogP) is 15.2. The molecule has 0 bridgehead atoms. The second kappa shape index (κ2) is 46.7. The van der Waals surface area contributed by atoms with Crippen molar-refractivity contribution < 1.29 is 32.9 Å². The van der Waals surface area contributed by atoms with Gasteiger partial charge in [-0.2, -0.15) is 0 Å². The number of carbonyl (C=O) groups excluding carboxylic acids is 1. The Hall–Kier alpha value is -3.36. The number of carbonyl (C=O) groups is 1. The Balaban J connectivity index is 3.85. The number of phosphoric acid groups is 1. The summed E-state index contributed by atoms with van der Waals surface area (Å²) in [5.74, 6) is -0.201. The normalized spacial score (nSPS) is 15.2. The van der Waals surface area contributed by atoms with Gasteiger partial charge in [-0.3, -0.25) is 13.8 Å². The maximum absolute atomic E-state index is 12.7. The van der Waals surface area contributed by atoms with Crippen LogP contribution < -0.4 is 5.32 Å². The van der Waals surface area contributed by atoms with Crippen LogP contribution >= 0.6 is 7.82 Å². The number of rotatable bonds is 44. The molecule has 1 amide bonds. The van der Waals surface area contributed by atoms with E-state index in [9.17, 15) is 19.4 Å². The molecule has 0 fully saturated rings. The van der Waals surface area contributed by atoms with Crippen molar-refractivity contribution in [2.45, 2.75) is 180 Å². The minimum Gasteiger partial charge on any atom is -0.387 e. The summed E-state index contributed by atoms with van der Waals surface area (Å²) in [5, 5.41) is 13.5. The second-order valence-electron chi connectivity index (χ2n) is 17.8. The molecule has 9 heteroatoms. The van der Waals surface area contributed by atoms with Crippen molar-refractivity contribution in [1.29, 1.82) is 0 Å². The van der Waals surface area contributed by atoms with Crippen molar-refractivity contribution in [2.24, 2.45) is 0 Å². The van der Waals surface area contributed by atoms with Gasteiger partial charge in [0.25, 0.3) is 0 Å². The molecule has 0 spiro atoms. The zero-order valence-electron chi connectivity index (χ0n) is 42.4. The highest BCUT2D eigenvalue weighted by Crippen LogP contribution is 2.43. The maximum Gasteiger partial charge on any atom is 0.472 e. The van der Waals surface area contributed by atoms with E-state index in [-0.39, 0.29) is 19.1 Å². The molecule has 374 valence electrons. The average Bonchev–Trinajstić information content (AvgIpc) is 3.27. The smallest absolute Gasteiger partial charge is 0.387 e. The third-order valence-electron chi connectivity index (χ3n) is 10.4. The molecule has 3 N–H and O–H groups in total. The number of hydrogen-bond acceptors (Lipinski definition) is 5. The summed E-state index contributed by atoms with van der Waals surface area (Å²) in [7, 11) is 1.54. The van der Waals surface area contributed by atoms with E-state index in [4.69, 9.17) is 9.05 Å². The van der Waals surface area contributed by atoms with Crippen LogP contribution in [0.5, 0.6) is 0 Å². The first-order chi connectivity index (χ1) is 32.0. The maximum atomic E-state index is 12.7. The SMILES string of the molecule is CC/C=C\C/C=C\C/C=C\C/C=C\C/C=C\C/C=C\C/C=C\C/C=C\C/C=C\C/C=C\CCCCCCCCCCCCC(=O)NC(COP(=O)(O)OCC[N+](C)(C)C)C(O)/C=C/CCC. The summed E-state index contributed by atoms with van der Waals surface area (Å²) in [4.78, 5) is 22.8. The van der Waals surface area contributed by atoms with Crippen molar-refractivity contribution in [3.05, 3.63) is 134 Å². The second-order valence-corrected chi connectivity index (χ2v) is 19.3. The van der Waals surface area contributed by atoms with Crippen LogP contribution in [-0.4, -0.2) is 73.4 Å². The van der Waals surface area contributed by atoms with E-state index >= 15 is 0 Å². The van der Waals surface area contributed by atoms with Gasteiger partial charge in [0.2, 0.25) is 5.91 Å². The minimum absolute atomic E-state index is 0.0526. The number of allylic oxidation sites excluding steroid dienone is 21. The number of phosphoric ester groups is 1. The largest absolute Gasteiger partial charge is 0.472 e. The monoisotopic (exact) mass is 936 g/mol. The first-order valence-corrected chi connectivity index (χ1v) is 27.1. The van der Waals surface area contributed by atoms with Crippen molar-refractivity contribution >= 4 is 13.7 Å². The first kappa shape index (κ1) is 62.6. The van der Waals surface area contributed by atoms with Crippen LogP contribution in [0.15, 0.2) is 134 Å². The number of quaternary nitrogens is 1. The predicted molar refractivity (Wildman–Crippen MR) is 285 cm³/mol. The molecule has 0 saturated carbocycles. The number of unbranched alkanes of at least 4 members (excludes halogenated alkanes) is 11. The Morgan fingerprint density at radius 1 is 0.530 bits per heavy atom. The lowest BCUT2D eigenvalue weighted by Gasteiger charge is -2.25. The van der Waals surface area contributed by atoms with E-state index in [0.717, 1.165) is 103 Å². The molecule has 0 aliphatic heterocycles. The van der Waals surface area contributed by atoms with Crippen LogP contribution in [0, 0.1) is 0 Å². The number of aliphatic hydroxyl groups is 1. The fourth-order valence-electron chi connectivity index (χ4n) is 6.37. The molecule has 3 atom stereocenters. The number of likely N-dealkylation sites (N-methyl/N-ethyl adjacent to an activating group) is 1. The van der Waals surface area contributed by atoms with Gasteiger partial charge in [0.05, 0.1) is 39.9 Å². The number of hydrogen-bond donors (Lipinski definition) is 3. The third kappa shape index (κ3) is 48.6. The van der Waals surface area contributed by atoms with Gasteiger partial charge in [0.15, 0.2) is 0 Å². The van der Waals surface area contributed by atoms with Crippen molar-refractivity contribution in [3.63, 3.8) is 0 Å². The van der Waals surface area contributed by atoms with Gasteiger partial charge in [-0.25, -0.2) is 4.57 Å². The Morgan fingerprint density at radius 3 is 1.30 bits per heavy atom. The lowest BCUT2D eigenvalue weighted by Crippen LogP contribution is -2.45. The number of nitrogens with zero attached hydrogens (tertiary/aromatic N) is 1. The topological polar surface area (TPSA) is 105 Å². The van der Waals surface area contributed by atoms with E-state index in [1.54, 1.807) is 6.08 Å². The molecule has 0 aromatic carbocycles. The van der Waals surface area contributed by atoms with Crippen molar-refractivity contribution in [3.8, 4) is 0 Å². The highest BCUT2D eigenvalue weighted by molar-refractivity contribution is 7.47. The van der Waals surface area contributed by atoms with Gasteiger partial charge in [0, 0.05) is 6.42 Å². The number of aliphatic hydroxyl groups excluding tert-OH is 1. The molecule has 66 heavy (non-hydrogen) atoms. The van der Waals surface area contributed by atoms with Gasteiger partial charge < -0.3 is 19.8 Å². The lowest BCUT2D eigenvalue weighted by atomic mass is 10.0. The molecule has 0 radical (unpaired) electrons. The lowest BCUT2D eigenvalue weighted by molar-refractivity contribution is -0.870. The Bertz CT molecular complexity index is 1530. The zero-order chi connectivity index (χ0) is 48.5. The first-order valence-electron chi connectivity index (χ1n) is 25.6. The van der Waals surface area contributed by atoms with Crippen molar-refractivity contribution in [1.82, 2.24) is 5.32 Å². The number of amides is 1. The van der Waals surface area contributed by atoms with E-state index in [0.29, 0.717) is 17.4 Å². The third-order valence-corrected chi connectivity index (χ3v) is 11.3. The van der Waals surface area contributed by atoms with Gasteiger partial charge in [-0.1, -0.05) is 205 Å². The average molecular weight is 936 g/mol. The van der Waals surface area contributed by atoms with E-state index in [1.807, 2.05) is 34.1 Å². The molecule has 0 aliphatic rings. The zero-order valence-corrected chi connectivity index (χ0v) is 43.3. The van der Waals surface area contributed by atoms with Crippen LogP contribution in [0.2, 0.25) is 0 Å². The molecule has 0 heterocycles. The molecule has 0 saturated heterocycles. The fraction of sp³-hybridized carbons (Fsp3) is 0.596. The molecule has 0 aromatic heterocycles. The molecule has 0 rings (SSSR count). The summed E-state index contributed by atoms with van der Waals surface area (Å²) in [6, 6.07) is -0.852. The number of nitrogens with one attached hydrogen (secondary N) is 1. The molecule has 3 unspecified atom stereocenters. The Morgan fingerprint density at radius 2 is 0.909 bits per heavy atom. The summed E-state index contributed by atoms with van der Waals surface area (Å²) in [6.07, 6.45) is 72.2. The molecule has 8 nitrogen and oxygen atoms in total. The van der Waals surface area contributed by atoms with Gasteiger partial charge in [-0.05, 0) is 89.9 Å². The Labute approximate surface area is 405 Å². The summed E-state index contributed by atoms with van der Waals surface area (Å²) >= 11 is 0. The minimum atomic E-state index is -4.32. The van der Waals surface area contributed by atoms with E-state index in [1.165, 1.54) is 44.9 Å². The molecule has 0 aliphatic carbocycles. The van der Waals surface area contributed by atoms with Crippen LogP contribution in [0.4, 0.5) is 0 Å². The van der Waals surface area contributed by atoms with Crippen LogP contribution in [-0.2, 0) is 18.4 Å². The van der Waals surface area contributed by atoms with Crippen LogP contribution in [0.1, 0.15) is 168 Å². The summed E-state index contributed by atoms with van der Waals surface area (Å²) < 4.78 is 23.2. The van der Waals surface area contributed by atoms with Gasteiger partial charge in [0.1, 0.15) is 13.2 Å². The van der Waals surface area contributed by atoms with Crippen molar-refractivity contribution in [2.75, 3.05) is 40.9 Å². The van der Waals surface area contributed by atoms with E-state index < -0.39 is 20.0 Å². The highest BCUT2D eigenvalue weighted by Gasteiger charge is 2.27. The Kier molecular flexibility index (Phi) is 44.4. The molecule has 0 aromatic rings. The summed E-state index contributed by atoms with van der Waals surface area (Å²) in [5.41, 5.74) is 0. The van der Waals surface area contributed by atoms with Gasteiger partial charge in [-0.15, -0.1) is 0 Å². The highest BCUT2D eigenvalue weighted by atomic mass is 31.2. The molecular weight excluding hydrogens is 840 g/mol. The fourth-order valence-corrected chi connectivity index (χ4v) is 7.10. The quantitative estimate of drug-likeness (QED) is 0.0243.